The molecule has 0 saturated heterocycles. The largest absolute Gasteiger partial charge is 0.483 e. The van der Waals surface area contributed by atoms with Crippen molar-refractivity contribution in [2.75, 3.05) is 5.75 Å². The first-order chi connectivity index (χ1) is 13.2. The van der Waals surface area contributed by atoms with E-state index >= 15 is 0 Å². The highest BCUT2D eigenvalue weighted by atomic mass is 32.2. The van der Waals surface area contributed by atoms with Crippen molar-refractivity contribution in [3.63, 3.8) is 0 Å². The number of halogens is 1. The van der Waals surface area contributed by atoms with Crippen LogP contribution in [0.1, 0.15) is 44.5 Å². The van der Waals surface area contributed by atoms with Gasteiger partial charge in [0, 0.05) is 6.04 Å². The zero-order valence-electron chi connectivity index (χ0n) is 15.3. The van der Waals surface area contributed by atoms with Gasteiger partial charge < -0.3 is 4.74 Å². The van der Waals surface area contributed by atoms with Crippen LogP contribution in [0, 0.1) is 34.9 Å². The zero-order valence-corrected chi connectivity index (χ0v) is 16.2. The highest BCUT2D eigenvalue weighted by Gasteiger charge is 2.43. The second-order valence-electron chi connectivity index (χ2n) is 7.51. The van der Waals surface area contributed by atoms with Gasteiger partial charge in [0.1, 0.15) is 6.61 Å². The second kappa shape index (κ2) is 7.89. The summed E-state index contributed by atoms with van der Waals surface area (Å²) in [7, 11) is 0. The minimum absolute atomic E-state index is 0.159. The number of nitrogens with zero attached hydrogens (tertiary/aromatic N) is 4. The number of hydrogen-bond donors (Lipinski definition) is 0. The Labute approximate surface area is 162 Å². The summed E-state index contributed by atoms with van der Waals surface area (Å²) in [6.07, 6.45) is 5.25. The fourth-order valence-electron chi connectivity index (χ4n) is 4.79. The standard InChI is InChI=1S/C20H23FN4OS/c1-13(16-11-14-6-7-15(16)10-14)25-19(23-24-20(25)27-9-8-22)12-26-18-5-3-2-4-17(18)21/h2-5,13-16H,6-7,9-12H2,1H3. The predicted molar refractivity (Wildman–Crippen MR) is 101 cm³/mol. The number of hydrogen-bond acceptors (Lipinski definition) is 5. The van der Waals surface area contributed by atoms with Crippen LogP contribution in [0.25, 0.3) is 0 Å². The highest BCUT2D eigenvalue weighted by molar-refractivity contribution is 7.99. The molecule has 0 amide bonds. The number of rotatable bonds is 7. The fraction of sp³-hybridized carbons (Fsp3) is 0.550. The van der Waals surface area contributed by atoms with Gasteiger partial charge in [-0.15, -0.1) is 10.2 Å². The number of ether oxygens (including phenoxy) is 1. The molecule has 0 N–H and O–H groups in total. The molecule has 2 saturated carbocycles. The van der Waals surface area contributed by atoms with Crippen LogP contribution in [-0.2, 0) is 6.61 Å². The molecule has 1 heterocycles. The van der Waals surface area contributed by atoms with Gasteiger partial charge >= 0.3 is 0 Å². The molecule has 2 aromatic rings. The molecule has 1 aromatic carbocycles. The molecule has 5 nitrogen and oxygen atoms in total. The Hall–Kier alpha value is -2.07. The van der Waals surface area contributed by atoms with Crippen LogP contribution in [-0.4, -0.2) is 20.5 Å². The second-order valence-corrected chi connectivity index (χ2v) is 8.46. The summed E-state index contributed by atoms with van der Waals surface area (Å²) in [5.74, 6) is 3.07. The lowest BCUT2D eigenvalue weighted by molar-refractivity contribution is 0.215. The Kier molecular flexibility index (Phi) is 5.35. The van der Waals surface area contributed by atoms with Crippen LogP contribution in [0.4, 0.5) is 4.39 Å². The third kappa shape index (κ3) is 3.68. The summed E-state index contributed by atoms with van der Waals surface area (Å²) in [5.41, 5.74) is 0. The van der Waals surface area contributed by atoms with Gasteiger partial charge in [-0.1, -0.05) is 30.3 Å². The lowest BCUT2D eigenvalue weighted by Crippen LogP contribution is -2.24. The summed E-state index contributed by atoms with van der Waals surface area (Å²) in [5, 5.41) is 18.3. The molecule has 0 aliphatic heterocycles. The summed E-state index contributed by atoms with van der Waals surface area (Å²) < 4.78 is 21.7. The Bertz CT molecular complexity index is 849. The Balaban J connectivity index is 1.56. The Morgan fingerprint density at radius 2 is 2.19 bits per heavy atom. The highest BCUT2D eigenvalue weighted by Crippen LogP contribution is 2.52. The molecule has 4 atom stereocenters. The van der Waals surface area contributed by atoms with Gasteiger partial charge in [0.2, 0.25) is 0 Å². The maximum absolute atomic E-state index is 13.9. The molecule has 142 valence electrons. The number of aromatic nitrogens is 3. The lowest BCUT2D eigenvalue weighted by Gasteiger charge is -2.30. The third-order valence-corrected chi connectivity index (χ3v) is 6.82. The normalized spacial score (nSPS) is 24.7. The van der Waals surface area contributed by atoms with E-state index in [-0.39, 0.29) is 24.2 Å². The van der Waals surface area contributed by atoms with Gasteiger partial charge in [0.15, 0.2) is 22.5 Å². The summed E-state index contributed by atoms with van der Waals surface area (Å²) in [4.78, 5) is 0. The topological polar surface area (TPSA) is 63.7 Å². The number of nitriles is 1. The van der Waals surface area contributed by atoms with E-state index in [0.717, 1.165) is 17.0 Å². The van der Waals surface area contributed by atoms with E-state index in [1.165, 1.54) is 43.5 Å². The van der Waals surface area contributed by atoms with E-state index in [1.807, 2.05) is 0 Å². The van der Waals surface area contributed by atoms with Crippen molar-refractivity contribution in [3.05, 3.63) is 35.9 Å². The van der Waals surface area contributed by atoms with Crippen molar-refractivity contribution in [1.29, 1.82) is 5.26 Å². The molecule has 2 aliphatic rings. The lowest BCUT2D eigenvalue weighted by atomic mass is 9.84. The molecule has 2 aliphatic carbocycles. The summed E-state index contributed by atoms with van der Waals surface area (Å²) >= 11 is 1.40. The zero-order chi connectivity index (χ0) is 18.8. The van der Waals surface area contributed by atoms with Crippen molar-refractivity contribution in [2.24, 2.45) is 17.8 Å². The minimum Gasteiger partial charge on any atom is -0.483 e. The molecule has 2 bridgehead atoms. The molecule has 27 heavy (non-hydrogen) atoms. The van der Waals surface area contributed by atoms with Gasteiger partial charge in [-0.3, -0.25) is 4.57 Å². The molecule has 7 heteroatoms. The predicted octanol–water partition coefficient (Wildman–Crippen LogP) is 4.61. The Morgan fingerprint density at radius 1 is 1.33 bits per heavy atom. The SMILES string of the molecule is CC(C1CC2CCC1C2)n1c(COc2ccccc2F)nnc1SCC#N. The first kappa shape index (κ1) is 18.3. The molecule has 0 radical (unpaired) electrons. The smallest absolute Gasteiger partial charge is 0.192 e. The van der Waals surface area contributed by atoms with Crippen LogP contribution in [0.3, 0.4) is 0 Å². The Morgan fingerprint density at radius 3 is 2.89 bits per heavy atom. The van der Waals surface area contributed by atoms with E-state index in [9.17, 15) is 4.39 Å². The van der Waals surface area contributed by atoms with Crippen molar-refractivity contribution in [3.8, 4) is 11.8 Å². The van der Waals surface area contributed by atoms with Gasteiger partial charge in [0.05, 0.1) is 11.8 Å². The molecule has 4 rings (SSSR count). The van der Waals surface area contributed by atoms with Crippen molar-refractivity contribution in [2.45, 2.75) is 50.4 Å². The number of para-hydroxylation sites is 1. The van der Waals surface area contributed by atoms with Crippen LogP contribution < -0.4 is 4.74 Å². The maximum atomic E-state index is 13.9. The van der Waals surface area contributed by atoms with E-state index in [1.54, 1.807) is 18.2 Å². The summed E-state index contributed by atoms with van der Waals surface area (Å²) in [6, 6.07) is 8.78. The first-order valence-electron chi connectivity index (χ1n) is 9.48. The van der Waals surface area contributed by atoms with Crippen molar-refractivity contribution in [1.82, 2.24) is 14.8 Å². The quantitative estimate of drug-likeness (QED) is 0.650. The van der Waals surface area contributed by atoms with E-state index in [4.69, 9.17) is 10.00 Å². The van der Waals surface area contributed by atoms with E-state index in [2.05, 4.69) is 27.8 Å². The summed E-state index contributed by atoms with van der Waals surface area (Å²) in [6.45, 7) is 2.38. The average molecular weight is 386 g/mol. The minimum atomic E-state index is -0.385. The number of benzene rings is 1. The number of fused-ring (bicyclic) bond motifs is 2. The van der Waals surface area contributed by atoms with Gasteiger partial charge in [-0.25, -0.2) is 4.39 Å². The van der Waals surface area contributed by atoms with E-state index < -0.39 is 0 Å². The van der Waals surface area contributed by atoms with Crippen LogP contribution in [0.5, 0.6) is 5.75 Å². The van der Waals surface area contributed by atoms with Crippen LogP contribution in [0.2, 0.25) is 0 Å². The number of thioether (sulfide) groups is 1. The molecule has 1 aromatic heterocycles. The van der Waals surface area contributed by atoms with Crippen molar-refractivity contribution >= 4 is 11.8 Å². The molecule has 0 spiro atoms. The van der Waals surface area contributed by atoms with Gasteiger partial charge in [-0.05, 0) is 56.1 Å². The molecule has 4 unspecified atom stereocenters. The van der Waals surface area contributed by atoms with Gasteiger partial charge in [-0.2, -0.15) is 5.26 Å². The maximum Gasteiger partial charge on any atom is 0.192 e. The third-order valence-electron chi connectivity index (χ3n) is 6.01. The average Bonchev–Trinajstić information content (AvgIpc) is 3.40. The van der Waals surface area contributed by atoms with Crippen molar-refractivity contribution < 1.29 is 9.13 Å². The monoisotopic (exact) mass is 386 g/mol. The fourth-order valence-corrected chi connectivity index (χ4v) is 5.49. The molecular formula is C20H23FN4OS. The van der Waals surface area contributed by atoms with Crippen LogP contribution >= 0.6 is 11.8 Å². The van der Waals surface area contributed by atoms with Gasteiger partial charge in [0.25, 0.3) is 0 Å². The van der Waals surface area contributed by atoms with E-state index in [0.29, 0.717) is 17.5 Å². The first-order valence-corrected chi connectivity index (χ1v) is 10.5. The molecular weight excluding hydrogens is 363 g/mol. The van der Waals surface area contributed by atoms with Crippen LogP contribution in [0.15, 0.2) is 29.4 Å². The molecule has 2 fully saturated rings.